The summed E-state index contributed by atoms with van der Waals surface area (Å²) in [7, 11) is 1.68. The first-order valence-corrected chi connectivity index (χ1v) is 9.05. The number of morpholine rings is 1. The predicted octanol–water partition coefficient (Wildman–Crippen LogP) is 2.56. The Bertz CT molecular complexity index is 886. The fourth-order valence-electron chi connectivity index (χ4n) is 3.91. The van der Waals surface area contributed by atoms with Crippen molar-refractivity contribution in [2.75, 3.05) is 33.4 Å². The van der Waals surface area contributed by atoms with Gasteiger partial charge >= 0.3 is 0 Å². The fraction of sp³-hybridized carbons (Fsp3) is 0.273. The van der Waals surface area contributed by atoms with E-state index in [1.165, 1.54) is 10.5 Å². The molecule has 0 aliphatic carbocycles. The van der Waals surface area contributed by atoms with E-state index in [-0.39, 0.29) is 6.04 Å². The van der Waals surface area contributed by atoms with Crippen LogP contribution in [0, 0.1) is 0 Å². The lowest BCUT2D eigenvalue weighted by Crippen LogP contribution is -3.14. The molecule has 2 N–H and O–H groups in total. The Labute approximate surface area is 153 Å². The summed E-state index contributed by atoms with van der Waals surface area (Å²) < 4.78 is 10.9. The number of phenols is 1. The van der Waals surface area contributed by atoms with Crippen LogP contribution in [0.25, 0.3) is 10.8 Å². The first kappa shape index (κ1) is 16.9. The maximum Gasteiger partial charge on any atom is 0.143 e. The molecule has 0 saturated carbocycles. The highest BCUT2D eigenvalue weighted by molar-refractivity contribution is 5.88. The number of aromatic hydroxyl groups is 1. The van der Waals surface area contributed by atoms with Crippen molar-refractivity contribution in [1.29, 1.82) is 0 Å². The normalized spacial score (nSPS) is 16.5. The van der Waals surface area contributed by atoms with Gasteiger partial charge in [-0.15, -0.1) is 0 Å². The summed E-state index contributed by atoms with van der Waals surface area (Å²) in [5, 5.41) is 13.1. The molecule has 1 heterocycles. The Hall–Kier alpha value is -2.56. The Morgan fingerprint density at radius 1 is 0.962 bits per heavy atom. The molecular formula is C22H24NO3+. The topological polar surface area (TPSA) is 43.1 Å². The van der Waals surface area contributed by atoms with Gasteiger partial charge in [-0.1, -0.05) is 30.3 Å². The van der Waals surface area contributed by atoms with Gasteiger partial charge in [0.25, 0.3) is 0 Å². The first-order valence-electron chi connectivity index (χ1n) is 9.05. The number of phenolic OH excluding ortho intramolecular Hbond substituents is 1. The molecule has 4 nitrogen and oxygen atoms in total. The maximum atomic E-state index is 10.8. The smallest absolute Gasteiger partial charge is 0.143 e. The molecule has 134 valence electrons. The molecule has 0 bridgehead atoms. The lowest BCUT2D eigenvalue weighted by atomic mass is 9.91. The standard InChI is InChI=1S/C22H23NO3/c1-25-18-9-6-17(7-10-18)22(23-12-14-26-15-13-23)21-19-5-3-2-4-16(19)8-11-20(21)24/h2-11,22,24H,12-15H2,1H3/p+1/t22-/m1/s1. The summed E-state index contributed by atoms with van der Waals surface area (Å²) >= 11 is 0. The minimum absolute atomic E-state index is 0.0518. The van der Waals surface area contributed by atoms with Crippen LogP contribution in [0.4, 0.5) is 0 Å². The van der Waals surface area contributed by atoms with Gasteiger partial charge in [-0.2, -0.15) is 0 Å². The van der Waals surface area contributed by atoms with Crippen LogP contribution in [-0.4, -0.2) is 38.5 Å². The molecule has 0 spiro atoms. The van der Waals surface area contributed by atoms with E-state index in [4.69, 9.17) is 9.47 Å². The Morgan fingerprint density at radius 2 is 1.69 bits per heavy atom. The largest absolute Gasteiger partial charge is 0.507 e. The van der Waals surface area contributed by atoms with Crippen LogP contribution in [0.1, 0.15) is 17.2 Å². The lowest BCUT2D eigenvalue weighted by molar-refractivity contribution is -0.933. The van der Waals surface area contributed by atoms with Crippen LogP contribution in [-0.2, 0) is 4.74 Å². The van der Waals surface area contributed by atoms with Gasteiger partial charge in [0.05, 0.1) is 25.9 Å². The molecule has 4 rings (SSSR count). The first-order chi connectivity index (χ1) is 12.8. The summed E-state index contributed by atoms with van der Waals surface area (Å²) in [5.41, 5.74) is 2.17. The molecule has 0 unspecified atom stereocenters. The summed E-state index contributed by atoms with van der Waals surface area (Å²) in [4.78, 5) is 1.41. The van der Waals surface area contributed by atoms with Crippen molar-refractivity contribution in [2.45, 2.75) is 6.04 Å². The van der Waals surface area contributed by atoms with Crippen molar-refractivity contribution in [2.24, 2.45) is 0 Å². The van der Waals surface area contributed by atoms with Crippen LogP contribution in [0.5, 0.6) is 11.5 Å². The van der Waals surface area contributed by atoms with Crippen LogP contribution in [0.3, 0.4) is 0 Å². The van der Waals surface area contributed by atoms with Crippen molar-refractivity contribution in [3.63, 3.8) is 0 Å². The van der Waals surface area contributed by atoms with E-state index in [9.17, 15) is 5.11 Å². The molecule has 1 aliphatic heterocycles. The van der Waals surface area contributed by atoms with E-state index >= 15 is 0 Å². The third-order valence-corrected chi connectivity index (χ3v) is 5.23. The number of methoxy groups -OCH3 is 1. The van der Waals surface area contributed by atoms with Gasteiger partial charge in [-0.25, -0.2) is 0 Å². The highest BCUT2D eigenvalue weighted by atomic mass is 16.5. The highest BCUT2D eigenvalue weighted by Gasteiger charge is 2.31. The van der Waals surface area contributed by atoms with Crippen LogP contribution >= 0.6 is 0 Å². The third-order valence-electron chi connectivity index (χ3n) is 5.23. The van der Waals surface area contributed by atoms with Crippen molar-refractivity contribution in [3.8, 4) is 11.5 Å². The average molecular weight is 350 g/mol. The average Bonchev–Trinajstić information content (AvgIpc) is 2.71. The number of fused-ring (bicyclic) bond motifs is 1. The molecule has 4 heteroatoms. The molecule has 3 aromatic carbocycles. The third kappa shape index (κ3) is 3.14. The molecule has 3 aromatic rings. The number of nitrogens with one attached hydrogen (secondary N) is 1. The maximum absolute atomic E-state index is 10.8. The molecule has 0 aromatic heterocycles. The van der Waals surface area contributed by atoms with Crippen molar-refractivity contribution in [3.05, 3.63) is 71.8 Å². The van der Waals surface area contributed by atoms with Gasteiger partial charge < -0.3 is 19.5 Å². The minimum atomic E-state index is 0.0518. The van der Waals surface area contributed by atoms with Crippen molar-refractivity contribution < 1.29 is 19.5 Å². The predicted molar refractivity (Wildman–Crippen MR) is 102 cm³/mol. The van der Waals surface area contributed by atoms with Gasteiger partial charge in [0.2, 0.25) is 0 Å². The highest BCUT2D eigenvalue weighted by Crippen LogP contribution is 2.34. The zero-order chi connectivity index (χ0) is 17.9. The van der Waals surface area contributed by atoms with Gasteiger partial charge in [0, 0.05) is 5.56 Å². The minimum Gasteiger partial charge on any atom is -0.507 e. The summed E-state index contributed by atoms with van der Waals surface area (Å²) in [6.45, 7) is 3.32. The van der Waals surface area contributed by atoms with Crippen LogP contribution in [0.15, 0.2) is 60.7 Å². The number of hydrogen-bond donors (Lipinski definition) is 2. The molecule has 26 heavy (non-hydrogen) atoms. The SMILES string of the molecule is COc1ccc([C@H](c2c(O)ccc3ccccc23)[NH+]2CCOCC2)cc1. The summed E-state index contributed by atoms with van der Waals surface area (Å²) in [6.07, 6.45) is 0. The monoisotopic (exact) mass is 350 g/mol. The van der Waals surface area contributed by atoms with Crippen molar-refractivity contribution >= 4 is 10.8 Å². The number of ether oxygens (including phenoxy) is 2. The number of quaternary nitrogens is 1. The second-order valence-electron chi connectivity index (χ2n) is 6.70. The number of rotatable bonds is 4. The van der Waals surface area contributed by atoms with E-state index < -0.39 is 0 Å². The van der Waals surface area contributed by atoms with Gasteiger partial charge in [-0.3, -0.25) is 0 Å². The molecular weight excluding hydrogens is 326 g/mol. The van der Waals surface area contributed by atoms with Gasteiger partial charge in [-0.05, 0) is 41.1 Å². The quantitative estimate of drug-likeness (QED) is 0.760. The van der Waals surface area contributed by atoms with E-state index in [1.54, 1.807) is 7.11 Å². The van der Waals surface area contributed by atoms with Crippen molar-refractivity contribution in [1.82, 2.24) is 0 Å². The molecule has 1 atom stereocenters. The van der Waals surface area contributed by atoms with E-state index in [0.29, 0.717) is 5.75 Å². The molecule has 1 saturated heterocycles. The van der Waals surface area contributed by atoms with E-state index in [0.717, 1.165) is 48.4 Å². The van der Waals surface area contributed by atoms with E-state index in [2.05, 4.69) is 24.3 Å². The number of benzene rings is 3. The van der Waals surface area contributed by atoms with E-state index in [1.807, 2.05) is 36.4 Å². The molecule has 1 fully saturated rings. The Kier molecular flexibility index (Phi) is 4.78. The van der Waals surface area contributed by atoms with Crippen LogP contribution in [0.2, 0.25) is 0 Å². The second kappa shape index (κ2) is 7.36. The van der Waals surface area contributed by atoms with Gasteiger partial charge in [0.1, 0.15) is 30.6 Å². The molecule has 0 radical (unpaired) electrons. The molecule has 1 aliphatic rings. The summed E-state index contributed by atoms with van der Waals surface area (Å²) in [6, 6.07) is 20.3. The lowest BCUT2D eigenvalue weighted by Gasteiger charge is -2.33. The number of hydrogen-bond acceptors (Lipinski definition) is 3. The Balaban J connectivity index is 1.88. The van der Waals surface area contributed by atoms with Crippen LogP contribution < -0.4 is 9.64 Å². The zero-order valence-corrected chi connectivity index (χ0v) is 14.9. The second-order valence-corrected chi connectivity index (χ2v) is 6.70. The molecule has 0 amide bonds. The fourth-order valence-corrected chi connectivity index (χ4v) is 3.91. The van der Waals surface area contributed by atoms with Gasteiger partial charge in [0.15, 0.2) is 0 Å². The Morgan fingerprint density at radius 3 is 2.42 bits per heavy atom. The summed E-state index contributed by atoms with van der Waals surface area (Å²) in [5.74, 6) is 1.19. The zero-order valence-electron chi connectivity index (χ0n) is 14.9.